The number of nitriles is 1. The van der Waals surface area contributed by atoms with Gasteiger partial charge in [0.25, 0.3) is 0 Å². The van der Waals surface area contributed by atoms with E-state index in [0.717, 1.165) is 6.42 Å². The molecule has 0 aromatic carbocycles. The number of rotatable bonds is 5. The van der Waals surface area contributed by atoms with Gasteiger partial charge in [0.2, 0.25) is 11.8 Å². The van der Waals surface area contributed by atoms with Crippen LogP contribution in [-0.2, 0) is 14.3 Å². The fraction of sp³-hybridized carbons (Fsp3) is 0.727. The van der Waals surface area contributed by atoms with Crippen LogP contribution >= 0.6 is 0 Å². The zero-order chi connectivity index (χ0) is 12.8. The summed E-state index contributed by atoms with van der Waals surface area (Å²) in [5.74, 6) is -1.25. The van der Waals surface area contributed by atoms with Gasteiger partial charge in [-0.1, -0.05) is 6.92 Å². The number of nitrogens with one attached hydrogen (secondary N) is 1. The van der Waals surface area contributed by atoms with Gasteiger partial charge < -0.3 is 15.8 Å². The highest BCUT2D eigenvalue weighted by Crippen LogP contribution is 2.13. The molecule has 1 aliphatic rings. The van der Waals surface area contributed by atoms with Crippen molar-refractivity contribution >= 4 is 11.8 Å². The predicted octanol–water partition coefficient (Wildman–Crippen LogP) is -0.315. The second-order valence-electron chi connectivity index (χ2n) is 4.23. The smallest absolute Gasteiger partial charge is 0.249 e. The average molecular weight is 239 g/mol. The first kappa shape index (κ1) is 13.5. The molecule has 0 saturated carbocycles. The Hall–Kier alpha value is -1.61. The van der Waals surface area contributed by atoms with E-state index < -0.39 is 18.1 Å². The quantitative estimate of drug-likeness (QED) is 0.686. The minimum atomic E-state index is -0.814. The van der Waals surface area contributed by atoms with Crippen LogP contribution in [0.15, 0.2) is 0 Å². The molecule has 0 aromatic heterocycles. The molecule has 17 heavy (non-hydrogen) atoms. The van der Waals surface area contributed by atoms with Gasteiger partial charge in [-0.15, -0.1) is 0 Å². The van der Waals surface area contributed by atoms with Crippen LogP contribution in [0, 0.1) is 17.2 Å². The van der Waals surface area contributed by atoms with Gasteiger partial charge in [-0.05, 0) is 18.8 Å². The van der Waals surface area contributed by atoms with Gasteiger partial charge >= 0.3 is 0 Å². The Morgan fingerprint density at radius 3 is 2.82 bits per heavy atom. The zero-order valence-electron chi connectivity index (χ0n) is 9.81. The zero-order valence-corrected chi connectivity index (χ0v) is 9.81. The van der Waals surface area contributed by atoms with Crippen molar-refractivity contribution in [3.8, 4) is 6.07 Å². The van der Waals surface area contributed by atoms with Gasteiger partial charge in [-0.3, -0.25) is 9.59 Å². The second-order valence-corrected chi connectivity index (χ2v) is 4.23. The maximum absolute atomic E-state index is 11.7. The SMILES string of the molecule is C[C@H](CC#N)[C@@H](NC(=O)[C@H]1CCCO1)C(N)=O. The van der Waals surface area contributed by atoms with Crippen molar-refractivity contribution in [2.45, 2.75) is 38.3 Å². The normalized spacial score (nSPS) is 22.5. The summed E-state index contributed by atoms with van der Waals surface area (Å²) in [5, 5.41) is 11.1. The van der Waals surface area contributed by atoms with Crippen molar-refractivity contribution < 1.29 is 14.3 Å². The van der Waals surface area contributed by atoms with Gasteiger partial charge in [-0.2, -0.15) is 5.26 Å². The molecule has 6 heteroatoms. The fourth-order valence-electron chi connectivity index (χ4n) is 1.79. The highest BCUT2D eigenvalue weighted by Gasteiger charge is 2.30. The van der Waals surface area contributed by atoms with Crippen LogP contribution in [0.4, 0.5) is 0 Å². The van der Waals surface area contributed by atoms with E-state index in [1.165, 1.54) is 0 Å². The molecule has 6 nitrogen and oxygen atoms in total. The molecule has 1 saturated heterocycles. The Morgan fingerprint density at radius 2 is 2.35 bits per heavy atom. The number of carbonyl (C=O) groups excluding carboxylic acids is 2. The van der Waals surface area contributed by atoms with E-state index in [1.54, 1.807) is 6.92 Å². The van der Waals surface area contributed by atoms with E-state index >= 15 is 0 Å². The number of primary amides is 1. The Balaban J connectivity index is 2.57. The molecule has 3 N–H and O–H groups in total. The number of nitrogens with two attached hydrogens (primary N) is 1. The lowest BCUT2D eigenvalue weighted by molar-refractivity contribution is -0.134. The summed E-state index contributed by atoms with van der Waals surface area (Å²) < 4.78 is 5.21. The van der Waals surface area contributed by atoms with E-state index in [-0.39, 0.29) is 18.2 Å². The van der Waals surface area contributed by atoms with E-state index in [9.17, 15) is 9.59 Å². The highest BCUT2D eigenvalue weighted by molar-refractivity contribution is 5.88. The molecule has 2 amide bonds. The van der Waals surface area contributed by atoms with E-state index in [1.807, 2.05) is 6.07 Å². The number of amides is 2. The van der Waals surface area contributed by atoms with Crippen molar-refractivity contribution in [1.29, 1.82) is 5.26 Å². The summed E-state index contributed by atoms with van der Waals surface area (Å²) in [5.41, 5.74) is 5.21. The minimum Gasteiger partial charge on any atom is -0.368 e. The lowest BCUT2D eigenvalue weighted by Gasteiger charge is -2.21. The molecule has 0 radical (unpaired) electrons. The standard InChI is InChI=1S/C11H17N3O3/c1-7(4-5-12)9(10(13)15)14-11(16)8-3-2-6-17-8/h7-9H,2-4,6H2,1H3,(H2,13,15)(H,14,16)/t7-,8-,9-/m1/s1. The molecule has 0 spiro atoms. The van der Waals surface area contributed by atoms with Crippen molar-refractivity contribution in [3.05, 3.63) is 0 Å². The van der Waals surface area contributed by atoms with Crippen LogP contribution in [0.2, 0.25) is 0 Å². The summed E-state index contributed by atoms with van der Waals surface area (Å²) in [6, 6.07) is 1.14. The predicted molar refractivity (Wildman–Crippen MR) is 59.5 cm³/mol. The Morgan fingerprint density at radius 1 is 1.65 bits per heavy atom. The summed E-state index contributed by atoms with van der Waals surface area (Å²) in [6.07, 6.45) is 1.17. The van der Waals surface area contributed by atoms with Gasteiger partial charge in [0.1, 0.15) is 12.1 Å². The van der Waals surface area contributed by atoms with Crippen molar-refractivity contribution in [2.24, 2.45) is 11.7 Å². The number of hydrogen-bond acceptors (Lipinski definition) is 4. The van der Waals surface area contributed by atoms with Crippen LogP contribution in [-0.4, -0.2) is 30.6 Å². The van der Waals surface area contributed by atoms with Crippen LogP contribution in [0.25, 0.3) is 0 Å². The number of nitrogens with zero attached hydrogens (tertiary/aromatic N) is 1. The van der Waals surface area contributed by atoms with Crippen molar-refractivity contribution in [3.63, 3.8) is 0 Å². The Labute approximate surface area is 100 Å². The monoisotopic (exact) mass is 239 g/mol. The Bertz CT molecular complexity index is 331. The first-order chi connectivity index (χ1) is 8.06. The lowest BCUT2D eigenvalue weighted by Crippen LogP contribution is -2.51. The maximum Gasteiger partial charge on any atom is 0.249 e. The van der Waals surface area contributed by atoms with Crippen LogP contribution in [0.1, 0.15) is 26.2 Å². The summed E-state index contributed by atoms with van der Waals surface area (Å²) in [6.45, 7) is 2.27. The Kier molecular flexibility index (Phi) is 4.91. The summed E-state index contributed by atoms with van der Waals surface area (Å²) >= 11 is 0. The van der Waals surface area contributed by atoms with Gasteiger partial charge in [-0.25, -0.2) is 0 Å². The highest BCUT2D eigenvalue weighted by atomic mass is 16.5. The van der Waals surface area contributed by atoms with Crippen LogP contribution in [0.3, 0.4) is 0 Å². The molecule has 1 fully saturated rings. The molecule has 3 atom stereocenters. The minimum absolute atomic E-state index is 0.166. The van der Waals surface area contributed by atoms with Crippen LogP contribution in [0.5, 0.6) is 0 Å². The maximum atomic E-state index is 11.7. The van der Waals surface area contributed by atoms with Crippen LogP contribution < -0.4 is 11.1 Å². The molecular formula is C11H17N3O3. The molecule has 0 aliphatic carbocycles. The van der Waals surface area contributed by atoms with Crippen molar-refractivity contribution in [1.82, 2.24) is 5.32 Å². The topological polar surface area (TPSA) is 105 Å². The largest absolute Gasteiger partial charge is 0.368 e. The third-order valence-corrected chi connectivity index (χ3v) is 2.81. The lowest BCUT2D eigenvalue weighted by atomic mass is 9.98. The first-order valence-corrected chi connectivity index (χ1v) is 5.64. The molecule has 1 heterocycles. The molecule has 94 valence electrons. The number of carbonyl (C=O) groups is 2. The molecule has 1 rings (SSSR count). The fourth-order valence-corrected chi connectivity index (χ4v) is 1.79. The molecule has 0 bridgehead atoms. The van der Waals surface area contributed by atoms with Gasteiger partial charge in [0, 0.05) is 13.0 Å². The first-order valence-electron chi connectivity index (χ1n) is 5.64. The molecule has 0 unspecified atom stereocenters. The molecule has 0 aromatic rings. The van der Waals surface area contributed by atoms with Gasteiger partial charge in [0.15, 0.2) is 0 Å². The van der Waals surface area contributed by atoms with E-state index in [0.29, 0.717) is 13.0 Å². The summed E-state index contributed by atoms with van der Waals surface area (Å²) in [4.78, 5) is 23.0. The number of ether oxygens (including phenoxy) is 1. The van der Waals surface area contributed by atoms with E-state index in [2.05, 4.69) is 5.32 Å². The van der Waals surface area contributed by atoms with Crippen molar-refractivity contribution in [2.75, 3.05) is 6.61 Å². The van der Waals surface area contributed by atoms with Gasteiger partial charge in [0.05, 0.1) is 6.07 Å². The third-order valence-electron chi connectivity index (χ3n) is 2.81. The average Bonchev–Trinajstić information content (AvgIpc) is 2.78. The molecular weight excluding hydrogens is 222 g/mol. The molecule has 1 aliphatic heterocycles. The van der Waals surface area contributed by atoms with E-state index in [4.69, 9.17) is 15.7 Å². The summed E-state index contributed by atoms with van der Waals surface area (Å²) in [7, 11) is 0. The third kappa shape index (κ3) is 3.71. The number of hydrogen-bond donors (Lipinski definition) is 2. The second kappa shape index (κ2) is 6.21.